The minimum Gasteiger partial charge on any atom is -0.466 e. The fourth-order valence-corrected chi connectivity index (χ4v) is 3.73. The van der Waals surface area contributed by atoms with Gasteiger partial charge in [-0.05, 0) is 33.8 Å². The quantitative estimate of drug-likeness (QED) is 0.285. The van der Waals surface area contributed by atoms with Crippen LogP contribution in [0.3, 0.4) is 0 Å². The summed E-state index contributed by atoms with van der Waals surface area (Å²) in [5.74, 6) is -2.74. The van der Waals surface area contributed by atoms with Gasteiger partial charge in [0.2, 0.25) is 0 Å². The van der Waals surface area contributed by atoms with Crippen molar-refractivity contribution in [3.05, 3.63) is 51.1 Å². The summed E-state index contributed by atoms with van der Waals surface area (Å²) in [4.78, 5) is 49.7. The first-order valence-electron chi connectivity index (χ1n) is 9.34. The van der Waals surface area contributed by atoms with Gasteiger partial charge in [-0.2, -0.15) is 0 Å². The third-order valence-corrected chi connectivity index (χ3v) is 4.74. The van der Waals surface area contributed by atoms with Gasteiger partial charge in [0.05, 0.1) is 30.3 Å². The molecule has 2 rings (SSSR count). The molecule has 1 aromatic rings. The number of ether oxygens (including phenoxy) is 2. The van der Waals surface area contributed by atoms with Crippen molar-refractivity contribution < 1.29 is 28.8 Å². The smallest absolute Gasteiger partial charge is 0.344 e. The summed E-state index contributed by atoms with van der Waals surface area (Å²) in [6.07, 6.45) is 0. The first-order valence-corrected chi connectivity index (χ1v) is 9.34. The maximum atomic E-state index is 13.4. The first kappa shape index (κ1) is 23.0. The van der Waals surface area contributed by atoms with Crippen LogP contribution >= 0.6 is 0 Å². The molecule has 0 aromatic heterocycles. The van der Waals surface area contributed by atoms with Crippen molar-refractivity contribution >= 4 is 23.5 Å². The van der Waals surface area contributed by atoms with E-state index in [1.807, 2.05) is 27.7 Å². The first-order chi connectivity index (χ1) is 14.1. The number of nitro groups is 1. The molecule has 0 radical (unpaired) electrons. The SMILES string of the molecule is COC(=O)C1=C(C(=O)OC)C(c2ccccc2[N+](=O)[O-])N(N(C(C)C)C(C)C)C1=O. The van der Waals surface area contributed by atoms with Gasteiger partial charge in [-0.3, -0.25) is 19.9 Å². The maximum Gasteiger partial charge on any atom is 0.344 e. The summed E-state index contributed by atoms with van der Waals surface area (Å²) in [6.45, 7) is 7.32. The average Bonchev–Trinajstić information content (AvgIpc) is 2.99. The van der Waals surface area contributed by atoms with Crippen LogP contribution in [-0.4, -0.2) is 59.1 Å². The number of methoxy groups -OCH3 is 2. The number of carbonyl (C=O) groups is 3. The molecule has 30 heavy (non-hydrogen) atoms. The summed E-state index contributed by atoms with van der Waals surface area (Å²) in [5, 5.41) is 14.6. The Morgan fingerprint density at radius 1 is 1.07 bits per heavy atom. The second-order valence-corrected chi connectivity index (χ2v) is 7.21. The van der Waals surface area contributed by atoms with Crippen LogP contribution in [0.15, 0.2) is 35.4 Å². The van der Waals surface area contributed by atoms with Crippen molar-refractivity contribution in [3.8, 4) is 0 Å². The minimum absolute atomic E-state index is 0.0847. The standard InChI is InChI=1S/C20H25N3O7/c1-11(2)21(12(3)4)22-17(13-9-7-8-10-14(13)23(27)28)15(19(25)29-5)16(18(22)24)20(26)30-6/h7-12,17H,1-6H3. The highest BCUT2D eigenvalue weighted by atomic mass is 16.6. The number of benzene rings is 1. The number of rotatable bonds is 7. The Labute approximate surface area is 174 Å². The van der Waals surface area contributed by atoms with Gasteiger partial charge in [0.25, 0.3) is 11.6 Å². The van der Waals surface area contributed by atoms with E-state index in [0.29, 0.717) is 0 Å². The lowest BCUT2D eigenvalue weighted by Gasteiger charge is -2.42. The Kier molecular flexibility index (Phi) is 6.93. The Morgan fingerprint density at radius 3 is 2.07 bits per heavy atom. The van der Waals surface area contributed by atoms with Crippen molar-refractivity contribution in [2.45, 2.75) is 45.8 Å². The van der Waals surface area contributed by atoms with Crippen molar-refractivity contribution in [2.75, 3.05) is 14.2 Å². The highest BCUT2D eigenvalue weighted by molar-refractivity contribution is 6.23. The molecule has 0 aliphatic carbocycles. The Bertz CT molecular complexity index is 899. The summed E-state index contributed by atoms with van der Waals surface area (Å²) in [5.41, 5.74) is -1.00. The summed E-state index contributed by atoms with van der Waals surface area (Å²) < 4.78 is 9.57. The van der Waals surface area contributed by atoms with Crippen LogP contribution in [0.2, 0.25) is 0 Å². The zero-order valence-electron chi connectivity index (χ0n) is 17.7. The zero-order chi connectivity index (χ0) is 22.7. The number of para-hydroxylation sites is 1. The van der Waals surface area contributed by atoms with E-state index in [0.717, 1.165) is 14.2 Å². The molecule has 0 saturated carbocycles. The van der Waals surface area contributed by atoms with E-state index in [1.54, 1.807) is 11.1 Å². The topological polar surface area (TPSA) is 119 Å². The van der Waals surface area contributed by atoms with Crippen molar-refractivity contribution in [3.63, 3.8) is 0 Å². The zero-order valence-corrected chi connectivity index (χ0v) is 17.7. The van der Waals surface area contributed by atoms with E-state index in [9.17, 15) is 24.5 Å². The lowest BCUT2D eigenvalue weighted by Crippen LogP contribution is -2.53. The molecule has 0 fully saturated rings. The molecule has 0 saturated heterocycles. The fraction of sp³-hybridized carbons (Fsp3) is 0.450. The predicted octanol–water partition coefficient (Wildman–Crippen LogP) is 2.15. The number of amides is 1. The molecule has 0 bridgehead atoms. The molecular weight excluding hydrogens is 394 g/mol. The van der Waals surface area contributed by atoms with Crippen LogP contribution < -0.4 is 0 Å². The van der Waals surface area contributed by atoms with E-state index < -0.39 is 34.4 Å². The molecule has 1 aliphatic rings. The van der Waals surface area contributed by atoms with Gasteiger partial charge in [0.1, 0.15) is 11.6 Å². The second-order valence-electron chi connectivity index (χ2n) is 7.21. The predicted molar refractivity (Wildman–Crippen MR) is 106 cm³/mol. The maximum absolute atomic E-state index is 13.4. The van der Waals surface area contributed by atoms with Crippen LogP contribution in [0.4, 0.5) is 5.69 Å². The van der Waals surface area contributed by atoms with E-state index >= 15 is 0 Å². The molecule has 10 heteroatoms. The second kappa shape index (κ2) is 9.04. The minimum atomic E-state index is -1.23. The number of hydrogen-bond acceptors (Lipinski definition) is 8. The third kappa shape index (κ3) is 3.90. The van der Waals surface area contributed by atoms with Gasteiger partial charge >= 0.3 is 11.9 Å². The molecule has 0 spiro atoms. The van der Waals surface area contributed by atoms with Crippen LogP contribution in [-0.2, 0) is 23.9 Å². The molecule has 162 valence electrons. The molecule has 10 nitrogen and oxygen atoms in total. The highest BCUT2D eigenvalue weighted by Crippen LogP contribution is 2.44. The van der Waals surface area contributed by atoms with E-state index in [-0.39, 0.29) is 28.9 Å². The molecular formula is C20H25N3O7. The number of nitrogens with zero attached hydrogens (tertiary/aromatic N) is 3. The molecule has 1 aliphatic heterocycles. The molecule has 1 heterocycles. The van der Waals surface area contributed by atoms with Crippen molar-refractivity contribution in [2.24, 2.45) is 0 Å². The number of esters is 2. The van der Waals surface area contributed by atoms with Crippen LogP contribution in [0.1, 0.15) is 39.3 Å². The monoisotopic (exact) mass is 419 g/mol. The Hall–Kier alpha value is -3.27. The van der Waals surface area contributed by atoms with Crippen LogP contribution in [0, 0.1) is 10.1 Å². The third-order valence-electron chi connectivity index (χ3n) is 4.74. The normalized spacial score (nSPS) is 16.6. The van der Waals surface area contributed by atoms with Crippen molar-refractivity contribution in [1.29, 1.82) is 0 Å². The molecule has 1 atom stereocenters. The molecule has 1 amide bonds. The summed E-state index contributed by atoms with van der Waals surface area (Å²) in [6, 6.07) is 4.08. The van der Waals surface area contributed by atoms with Gasteiger partial charge in [-0.15, -0.1) is 0 Å². The largest absolute Gasteiger partial charge is 0.466 e. The fourth-order valence-electron chi connectivity index (χ4n) is 3.73. The molecule has 1 aromatic carbocycles. The van der Waals surface area contributed by atoms with Gasteiger partial charge in [-0.1, -0.05) is 12.1 Å². The number of carbonyl (C=O) groups excluding carboxylic acids is 3. The lowest BCUT2D eigenvalue weighted by atomic mass is 9.96. The van der Waals surface area contributed by atoms with E-state index in [2.05, 4.69) is 0 Å². The summed E-state index contributed by atoms with van der Waals surface area (Å²) in [7, 11) is 2.19. The highest BCUT2D eigenvalue weighted by Gasteiger charge is 2.51. The number of nitro benzene ring substituents is 1. The lowest BCUT2D eigenvalue weighted by molar-refractivity contribution is -0.386. The van der Waals surface area contributed by atoms with E-state index in [1.165, 1.54) is 23.2 Å². The van der Waals surface area contributed by atoms with Gasteiger partial charge < -0.3 is 9.47 Å². The van der Waals surface area contributed by atoms with Gasteiger partial charge in [-0.25, -0.2) is 14.6 Å². The average molecular weight is 419 g/mol. The van der Waals surface area contributed by atoms with Gasteiger partial charge in [0.15, 0.2) is 0 Å². The van der Waals surface area contributed by atoms with Crippen LogP contribution in [0.25, 0.3) is 0 Å². The number of hydrogen-bond donors (Lipinski definition) is 0. The van der Waals surface area contributed by atoms with Gasteiger partial charge in [0, 0.05) is 18.2 Å². The Morgan fingerprint density at radius 2 is 1.60 bits per heavy atom. The van der Waals surface area contributed by atoms with E-state index in [4.69, 9.17) is 9.47 Å². The molecule has 1 unspecified atom stereocenters. The molecule has 0 N–H and O–H groups in total. The van der Waals surface area contributed by atoms with Crippen molar-refractivity contribution in [1.82, 2.24) is 10.0 Å². The summed E-state index contributed by atoms with van der Waals surface area (Å²) >= 11 is 0. The Balaban J connectivity index is 2.91. The van der Waals surface area contributed by atoms with Crippen LogP contribution in [0.5, 0.6) is 0 Å². The number of hydrazine groups is 1.